The quantitative estimate of drug-likeness (QED) is 0.802. The standard InChI is InChI=1S/C15H12BrClN2O2/c16-9-6-11(14(17)18-7-9)15(21)19-13-10-4-2-1-3-8(10)5-12(13)20/h1-4,6-7,12-13,20H,5H2,(H,19,21)/t12-,13+/m1/s1. The molecule has 6 heteroatoms. The van der Waals surface area contributed by atoms with Gasteiger partial charge in [-0.1, -0.05) is 35.9 Å². The van der Waals surface area contributed by atoms with E-state index in [9.17, 15) is 9.90 Å². The number of amides is 1. The van der Waals surface area contributed by atoms with Gasteiger partial charge in [0.05, 0.1) is 17.7 Å². The molecule has 2 atom stereocenters. The van der Waals surface area contributed by atoms with E-state index in [-0.39, 0.29) is 16.6 Å². The van der Waals surface area contributed by atoms with Gasteiger partial charge < -0.3 is 10.4 Å². The summed E-state index contributed by atoms with van der Waals surface area (Å²) in [5.41, 5.74) is 2.27. The average Bonchev–Trinajstić information content (AvgIpc) is 2.78. The molecule has 0 aliphatic heterocycles. The molecule has 2 aromatic rings. The Kier molecular flexibility index (Phi) is 3.97. The van der Waals surface area contributed by atoms with E-state index in [1.165, 1.54) is 6.20 Å². The molecule has 4 nitrogen and oxygen atoms in total. The Morgan fingerprint density at radius 1 is 1.43 bits per heavy atom. The molecule has 108 valence electrons. The summed E-state index contributed by atoms with van der Waals surface area (Å²) >= 11 is 9.22. The number of halogens is 2. The normalized spacial score (nSPS) is 20.1. The number of carbonyl (C=O) groups excluding carboxylic acids is 1. The van der Waals surface area contributed by atoms with Gasteiger partial charge in [0, 0.05) is 17.1 Å². The van der Waals surface area contributed by atoms with Gasteiger partial charge in [-0.05, 0) is 33.1 Å². The van der Waals surface area contributed by atoms with Gasteiger partial charge in [-0.15, -0.1) is 0 Å². The smallest absolute Gasteiger partial charge is 0.255 e. The molecule has 1 aliphatic rings. The number of aromatic nitrogens is 1. The number of rotatable bonds is 2. The highest BCUT2D eigenvalue weighted by molar-refractivity contribution is 9.10. The van der Waals surface area contributed by atoms with Crippen molar-refractivity contribution in [2.24, 2.45) is 0 Å². The third kappa shape index (κ3) is 2.81. The van der Waals surface area contributed by atoms with Crippen LogP contribution in [-0.4, -0.2) is 22.1 Å². The number of hydrogen-bond acceptors (Lipinski definition) is 3. The SMILES string of the molecule is O=C(N[C@H]1c2ccccc2C[C@H]1O)c1cc(Br)cnc1Cl. The van der Waals surface area contributed by atoms with Gasteiger partial charge in [0.15, 0.2) is 0 Å². The van der Waals surface area contributed by atoms with Crippen molar-refractivity contribution in [3.05, 3.63) is 62.8 Å². The van der Waals surface area contributed by atoms with E-state index in [0.717, 1.165) is 11.1 Å². The number of carbonyl (C=O) groups is 1. The third-order valence-electron chi connectivity index (χ3n) is 3.54. The second-order valence-electron chi connectivity index (χ2n) is 4.91. The predicted molar refractivity (Wildman–Crippen MR) is 83.3 cm³/mol. The zero-order valence-electron chi connectivity index (χ0n) is 10.9. The maximum Gasteiger partial charge on any atom is 0.255 e. The van der Waals surface area contributed by atoms with Gasteiger partial charge in [-0.2, -0.15) is 0 Å². The Bertz CT molecular complexity index is 708. The fraction of sp³-hybridized carbons (Fsp3) is 0.200. The van der Waals surface area contributed by atoms with E-state index in [1.54, 1.807) is 6.07 Å². The van der Waals surface area contributed by atoms with Gasteiger partial charge in [0.25, 0.3) is 5.91 Å². The number of aliphatic hydroxyl groups excluding tert-OH is 1. The van der Waals surface area contributed by atoms with Crippen LogP contribution in [0.25, 0.3) is 0 Å². The van der Waals surface area contributed by atoms with E-state index in [2.05, 4.69) is 26.2 Å². The number of benzene rings is 1. The molecule has 0 unspecified atom stereocenters. The van der Waals surface area contributed by atoms with E-state index in [1.807, 2.05) is 24.3 Å². The van der Waals surface area contributed by atoms with Crippen molar-refractivity contribution in [2.45, 2.75) is 18.6 Å². The Labute approximate surface area is 135 Å². The summed E-state index contributed by atoms with van der Waals surface area (Å²) in [4.78, 5) is 16.3. The monoisotopic (exact) mass is 366 g/mol. The van der Waals surface area contributed by atoms with Gasteiger partial charge in [-0.3, -0.25) is 4.79 Å². The van der Waals surface area contributed by atoms with Gasteiger partial charge in [-0.25, -0.2) is 4.98 Å². The fourth-order valence-corrected chi connectivity index (χ4v) is 3.07. The lowest BCUT2D eigenvalue weighted by Gasteiger charge is -2.18. The molecule has 0 saturated carbocycles. The molecular weight excluding hydrogens is 356 g/mol. The molecular formula is C15H12BrClN2O2. The molecule has 3 rings (SSSR count). The number of hydrogen-bond donors (Lipinski definition) is 2. The average molecular weight is 368 g/mol. The summed E-state index contributed by atoms with van der Waals surface area (Å²) in [6.45, 7) is 0. The van der Waals surface area contributed by atoms with Crippen LogP contribution in [0.4, 0.5) is 0 Å². The van der Waals surface area contributed by atoms with Crippen LogP contribution in [0.1, 0.15) is 27.5 Å². The Hall–Kier alpha value is -1.43. The first-order valence-corrected chi connectivity index (χ1v) is 7.61. The largest absolute Gasteiger partial charge is 0.390 e. The van der Waals surface area contributed by atoms with Crippen LogP contribution in [0.15, 0.2) is 41.0 Å². The van der Waals surface area contributed by atoms with Crippen LogP contribution >= 0.6 is 27.5 Å². The van der Waals surface area contributed by atoms with Crippen LogP contribution < -0.4 is 5.32 Å². The van der Waals surface area contributed by atoms with Crippen molar-refractivity contribution in [1.82, 2.24) is 10.3 Å². The highest BCUT2D eigenvalue weighted by Gasteiger charge is 2.32. The van der Waals surface area contributed by atoms with Crippen LogP contribution in [-0.2, 0) is 6.42 Å². The Balaban J connectivity index is 1.87. The molecule has 1 aromatic carbocycles. The van der Waals surface area contributed by atoms with E-state index >= 15 is 0 Å². The minimum Gasteiger partial charge on any atom is -0.390 e. The van der Waals surface area contributed by atoms with Crippen molar-refractivity contribution in [3.63, 3.8) is 0 Å². The lowest BCUT2D eigenvalue weighted by atomic mass is 10.1. The summed E-state index contributed by atoms with van der Waals surface area (Å²) in [5.74, 6) is -0.352. The maximum atomic E-state index is 12.4. The van der Waals surface area contributed by atoms with Crippen molar-refractivity contribution < 1.29 is 9.90 Å². The third-order valence-corrected chi connectivity index (χ3v) is 4.28. The van der Waals surface area contributed by atoms with Crippen LogP contribution in [0.5, 0.6) is 0 Å². The molecule has 2 N–H and O–H groups in total. The summed E-state index contributed by atoms with van der Waals surface area (Å²) < 4.78 is 0.671. The second kappa shape index (κ2) is 5.75. The van der Waals surface area contributed by atoms with E-state index < -0.39 is 12.1 Å². The zero-order valence-corrected chi connectivity index (χ0v) is 13.2. The zero-order chi connectivity index (χ0) is 15.0. The lowest BCUT2D eigenvalue weighted by molar-refractivity contribution is 0.0858. The first kappa shape index (κ1) is 14.5. The van der Waals surface area contributed by atoms with Gasteiger partial charge in [0.1, 0.15) is 5.15 Å². The summed E-state index contributed by atoms with van der Waals surface area (Å²) in [6.07, 6.45) is 1.43. The van der Waals surface area contributed by atoms with E-state index in [0.29, 0.717) is 10.9 Å². The minimum absolute atomic E-state index is 0.136. The second-order valence-corrected chi connectivity index (χ2v) is 6.19. The first-order valence-electron chi connectivity index (χ1n) is 6.44. The van der Waals surface area contributed by atoms with Crippen LogP contribution in [0.3, 0.4) is 0 Å². The molecule has 0 spiro atoms. The fourth-order valence-electron chi connectivity index (χ4n) is 2.55. The minimum atomic E-state index is -0.634. The summed E-state index contributed by atoms with van der Waals surface area (Å²) in [7, 11) is 0. The van der Waals surface area contributed by atoms with E-state index in [4.69, 9.17) is 11.6 Å². The van der Waals surface area contributed by atoms with Gasteiger partial charge >= 0.3 is 0 Å². The molecule has 0 radical (unpaired) electrons. The summed E-state index contributed by atoms with van der Waals surface area (Å²) in [6, 6.07) is 8.87. The Morgan fingerprint density at radius 3 is 3.00 bits per heavy atom. The lowest BCUT2D eigenvalue weighted by Crippen LogP contribution is -2.34. The predicted octanol–water partition coefficient (Wildman–Crippen LogP) is 2.89. The number of nitrogens with zero attached hydrogens (tertiary/aromatic N) is 1. The summed E-state index contributed by atoms with van der Waals surface area (Å²) in [5, 5.41) is 13.1. The maximum absolute atomic E-state index is 12.4. The molecule has 21 heavy (non-hydrogen) atoms. The molecule has 1 aliphatic carbocycles. The number of pyridine rings is 1. The molecule has 1 heterocycles. The molecule has 0 fully saturated rings. The molecule has 0 bridgehead atoms. The van der Waals surface area contributed by atoms with Crippen molar-refractivity contribution in [1.29, 1.82) is 0 Å². The Morgan fingerprint density at radius 2 is 2.19 bits per heavy atom. The van der Waals surface area contributed by atoms with Crippen molar-refractivity contribution in [3.8, 4) is 0 Å². The van der Waals surface area contributed by atoms with Gasteiger partial charge in [0.2, 0.25) is 0 Å². The van der Waals surface area contributed by atoms with Crippen LogP contribution in [0, 0.1) is 0 Å². The van der Waals surface area contributed by atoms with Crippen molar-refractivity contribution in [2.75, 3.05) is 0 Å². The molecule has 1 aromatic heterocycles. The van der Waals surface area contributed by atoms with Crippen molar-refractivity contribution >= 4 is 33.4 Å². The highest BCUT2D eigenvalue weighted by atomic mass is 79.9. The number of fused-ring (bicyclic) bond motifs is 1. The first-order chi connectivity index (χ1) is 10.1. The van der Waals surface area contributed by atoms with Crippen LogP contribution in [0.2, 0.25) is 5.15 Å². The molecule has 0 saturated heterocycles. The number of nitrogens with one attached hydrogen (secondary N) is 1. The topological polar surface area (TPSA) is 62.2 Å². The highest BCUT2D eigenvalue weighted by Crippen LogP contribution is 2.31. The number of aliphatic hydroxyl groups is 1. The molecule has 1 amide bonds.